The van der Waals surface area contributed by atoms with Crippen molar-refractivity contribution in [2.45, 2.75) is 38.1 Å². The second-order valence-corrected chi connectivity index (χ2v) is 6.67. The molecule has 0 amide bonds. The van der Waals surface area contributed by atoms with E-state index < -0.39 is 0 Å². The summed E-state index contributed by atoms with van der Waals surface area (Å²) < 4.78 is 0. The molecule has 0 fully saturated rings. The maximum Gasteiger partial charge on any atom is 0.272 e. The van der Waals surface area contributed by atoms with Crippen LogP contribution in [-0.4, -0.2) is 4.92 Å². The largest absolute Gasteiger partial charge is 0.323 e. The van der Waals surface area contributed by atoms with Crippen molar-refractivity contribution in [2.24, 2.45) is 5.73 Å². The van der Waals surface area contributed by atoms with Gasteiger partial charge in [-0.1, -0.05) is 18.2 Å². The summed E-state index contributed by atoms with van der Waals surface area (Å²) in [6.45, 7) is 0. The van der Waals surface area contributed by atoms with Gasteiger partial charge in [-0.15, -0.1) is 11.3 Å². The Labute approximate surface area is 127 Å². The summed E-state index contributed by atoms with van der Waals surface area (Å²) >= 11 is 1.78. The molecule has 0 saturated heterocycles. The van der Waals surface area contributed by atoms with E-state index in [0.29, 0.717) is 12.0 Å². The predicted molar refractivity (Wildman–Crippen MR) is 84.7 cm³/mol. The number of thiophene rings is 1. The lowest BCUT2D eigenvalue weighted by Crippen LogP contribution is -2.12. The lowest BCUT2D eigenvalue weighted by Gasteiger charge is -2.09. The Morgan fingerprint density at radius 2 is 2.05 bits per heavy atom. The van der Waals surface area contributed by atoms with Crippen LogP contribution < -0.4 is 5.73 Å². The molecule has 1 aromatic carbocycles. The van der Waals surface area contributed by atoms with E-state index in [1.807, 2.05) is 6.07 Å². The molecule has 1 unspecified atom stereocenters. The zero-order valence-electron chi connectivity index (χ0n) is 11.7. The second-order valence-electron chi connectivity index (χ2n) is 5.50. The van der Waals surface area contributed by atoms with Gasteiger partial charge in [-0.05, 0) is 43.7 Å². The molecule has 3 rings (SSSR count). The quantitative estimate of drug-likeness (QED) is 0.690. The summed E-state index contributed by atoms with van der Waals surface area (Å²) in [5, 5.41) is 11.1. The molecule has 5 heteroatoms. The first-order valence-corrected chi connectivity index (χ1v) is 8.06. The van der Waals surface area contributed by atoms with Crippen molar-refractivity contribution < 1.29 is 4.92 Å². The molecular formula is C16H18N2O2S. The normalized spacial score (nSPS) is 15.5. The first kappa shape index (κ1) is 14.2. The topological polar surface area (TPSA) is 69.2 Å². The van der Waals surface area contributed by atoms with E-state index in [0.717, 1.165) is 17.7 Å². The fourth-order valence-corrected chi connectivity index (χ4v) is 4.15. The average molecular weight is 302 g/mol. The van der Waals surface area contributed by atoms with Crippen molar-refractivity contribution in [1.29, 1.82) is 0 Å². The molecule has 0 spiro atoms. The van der Waals surface area contributed by atoms with Crippen LogP contribution in [0.25, 0.3) is 0 Å². The summed E-state index contributed by atoms with van der Waals surface area (Å²) in [6.07, 6.45) is 5.31. The molecule has 0 radical (unpaired) electrons. The molecule has 0 saturated carbocycles. The highest BCUT2D eigenvalue weighted by molar-refractivity contribution is 7.12. The Morgan fingerprint density at radius 1 is 1.29 bits per heavy atom. The number of benzene rings is 1. The highest BCUT2D eigenvalue weighted by Gasteiger charge is 2.20. The first-order chi connectivity index (χ1) is 10.1. The molecular weight excluding hydrogens is 284 g/mol. The van der Waals surface area contributed by atoms with Crippen LogP contribution in [-0.2, 0) is 19.3 Å². The molecule has 0 aliphatic heterocycles. The van der Waals surface area contributed by atoms with Gasteiger partial charge in [-0.2, -0.15) is 0 Å². The van der Waals surface area contributed by atoms with Crippen molar-refractivity contribution in [1.82, 2.24) is 0 Å². The molecule has 1 aromatic heterocycles. The lowest BCUT2D eigenvalue weighted by atomic mass is 9.98. The van der Waals surface area contributed by atoms with Crippen LogP contribution >= 0.6 is 11.3 Å². The van der Waals surface area contributed by atoms with Gasteiger partial charge in [0.2, 0.25) is 0 Å². The minimum Gasteiger partial charge on any atom is -0.323 e. The monoisotopic (exact) mass is 302 g/mol. The fraction of sp³-hybridized carbons (Fsp3) is 0.375. The number of nitrogens with two attached hydrogens (primary N) is 1. The van der Waals surface area contributed by atoms with Crippen LogP contribution in [0.15, 0.2) is 30.3 Å². The average Bonchev–Trinajstić information content (AvgIpc) is 2.91. The Hall–Kier alpha value is -1.72. The molecule has 2 N–H and O–H groups in total. The van der Waals surface area contributed by atoms with Crippen molar-refractivity contribution in [2.75, 3.05) is 0 Å². The Morgan fingerprint density at radius 3 is 2.81 bits per heavy atom. The van der Waals surface area contributed by atoms with E-state index in [-0.39, 0.29) is 16.7 Å². The van der Waals surface area contributed by atoms with Gasteiger partial charge >= 0.3 is 0 Å². The standard InChI is InChI=1S/C16H18N2O2S/c17-13(9-11-5-1-3-7-14(11)18(19)20)16-10-12-6-2-4-8-15(12)21-16/h1,3,5,7,10,13H,2,4,6,8-9,17H2. The van der Waals surface area contributed by atoms with Gasteiger partial charge in [0.1, 0.15) is 0 Å². The smallest absolute Gasteiger partial charge is 0.272 e. The molecule has 2 aromatic rings. The molecule has 1 aliphatic rings. The van der Waals surface area contributed by atoms with Crippen molar-refractivity contribution in [3.05, 3.63) is 61.3 Å². The third kappa shape index (κ3) is 2.99. The number of aryl methyl sites for hydroxylation is 2. The number of nitro groups is 1. The molecule has 1 heterocycles. The van der Waals surface area contributed by atoms with Gasteiger partial charge in [0.25, 0.3) is 5.69 Å². The zero-order valence-corrected chi connectivity index (χ0v) is 12.6. The highest BCUT2D eigenvalue weighted by Crippen LogP contribution is 2.34. The SMILES string of the molecule is NC(Cc1ccccc1[N+](=O)[O-])c1cc2c(s1)CCCC2. The van der Waals surface area contributed by atoms with E-state index in [2.05, 4.69) is 6.07 Å². The van der Waals surface area contributed by atoms with Gasteiger partial charge in [-0.3, -0.25) is 10.1 Å². The van der Waals surface area contributed by atoms with Gasteiger partial charge in [0.05, 0.1) is 4.92 Å². The minimum absolute atomic E-state index is 0.161. The van der Waals surface area contributed by atoms with Gasteiger partial charge in [-0.25, -0.2) is 0 Å². The van der Waals surface area contributed by atoms with Crippen LogP contribution in [0.5, 0.6) is 0 Å². The van der Waals surface area contributed by atoms with Crippen LogP contribution in [0, 0.1) is 10.1 Å². The van der Waals surface area contributed by atoms with Crippen molar-refractivity contribution >= 4 is 17.0 Å². The number of hydrogen-bond acceptors (Lipinski definition) is 4. The molecule has 0 bridgehead atoms. The molecule has 4 nitrogen and oxygen atoms in total. The molecule has 110 valence electrons. The lowest BCUT2D eigenvalue weighted by molar-refractivity contribution is -0.385. The zero-order chi connectivity index (χ0) is 14.8. The molecule has 1 atom stereocenters. The summed E-state index contributed by atoms with van der Waals surface area (Å²) in [4.78, 5) is 13.3. The number of para-hydroxylation sites is 1. The summed E-state index contributed by atoms with van der Waals surface area (Å²) in [7, 11) is 0. The van der Waals surface area contributed by atoms with Gasteiger partial charge in [0.15, 0.2) is 0 Å². The van der Waals surface area contributed by atoms with E-state index in [1.165, 1.54) is 23.3 Å². The summed E-state index contributed by atoms with van der Waals surface area (Å²) in [5.41, 5.74) is 8.60. The molecule has 21 heavy (non-hydrogen) atoms. The number of fused-ring (bicyclic) bond motifs is 1. The van der Waals surface area contributed by atoms with E-state index in [4.69, 9.17) is 5.73 Å². The number of nitro benzene ring substituents is 1. The Bertz CT molecular complexity index is 643. The first-order valence-electron chi connectivity index (χ1n) is 7.24. The second kappa shape index (κ2) is 5.95. The molecule has 1 aliphatic carbocycles. The number of rotatable bonds is 4. The maximum atomic E-state index is 11.1. The van der Waals surface area contributed by atoms with Gasteiger partial charge in [0, 0.05) is 27.4 Å². The van der Waals surface area contributed by atoms with Crippen molar-refractivity contribution in [3.63, 3.8) is 0 Å². The van der Waals surface area contributed by atoms with E-state index in [1.54, 1.807) is 29.5 Å². The summed E-state index contributed by atoms with van der Waals surface area (Å²) in [6, 6.07) is 8.90. The van der Waals surface area contributed by atoms with Crippen LogP contribution in [0.3, 0.4) is 0 Å². The summed E-state index contributed by atoms with van der Waals surface area (Å²) in [5.74, 6) is 0. The fourth-order valence-electron chi connectivity index (χ4n) is 2.90. The Balaban J connectivity index is 1.82. The third-order valence-corrected chi connectivity index (χ3v) is 5.38. The minimum atomic E-state index is -0.332. The Kier molecular flexibility index (Phi) is 4.03. The predicted octanol–water partition coefficient (Wildman–Crippen LogP) is 3.78. The van der Waals surface area contributed by atoms with Crippen LogP contribution in [0.1, 0.15) is 39.8 Å². The van der Waals surface area contributed by atoms with Crippen LogP contribution in [0.2, 0.25) is 0 Å². The van der Waals surface area contributed by atoms with Crippen molar-refractivity contribution in [3.8, 4) is 0 Å². The van der Waals surface area contributed by atoms with E-state index in [9.17, 15) is 10.1 Å². The number of hydrogen-bond donors (Lipinski definition) is 1. The number of nitrogens with zero attached hydrogens (tertiary/aromatic N) is 1. The van der Waals surface area contributed by atoms with Crippen LogP contribution in [0.4, 0.5) is 5.69 Å². The third-order valence-electron chi connectivity index (χ3n) is 4.01. The van der Waals surface area contributed by atoms with E-state index >= 15 is 0 Å². The highest BCUT2D eigenvalue weighted by atomic mass is 32.1. The van der Waals surface area contributed by atoms with Gasteiger partial charge < -0.3 is 5.73 Å². The maximum absolute atomic E-state index is 11.1.